The Hall–Kier alpha value is -1.94. The van der Waals surface area contributed by atoms with Crippen LogP contribution in [0.1, 0.15) is 13.8 Å². The Kier molecular flexibility index (Phi) is 5.90. The molecule has 0 aliphatic heterocycles. The van der Waals surface area contributed by atoms with Gasteiger partial charge in [-0.25, -0.2) is 28.7 Å². The van der Waals surface area contributed by atoms with Gasteiger partial charge in [0, 0.05) is 24.8 Å². The highest BCUT2D eigenvalue weighted by Gasteiger charge is 2.16. The fourth-order valence-electron chi connectivity index (χ4n) is 1.44. The molecule has 2 rings (SSSR count). The van der Waals surface area contributed by atoms with Crippen LogP contribution < -0.4 is 0 Å². The highest BCUT2D eigenvalue weighted by atomic mass is 33.1. The molecule has 0 spiro atoms. The van der Waals surface area contributed by atoms with Gasteiger partial charge in [-0.1, -0.05) is 0 Å². The Bertz CT molecular complexity index is 599. The van der Waals surface area contributed by atoms with Crippen molar-refractivity contribution in [3.05, 3.63) is 24.8 Å². The van der Waals surface area contributed by atoms with Gasteiger partial charge >= 0.3 is 12.2 Å². The Balaban J connectivity index is 2.06. The summed E-state index contributed by atoms with van der Waals surface area (Å²) in [6.07, 6.45) is 5.01. The van der Waals surface area contributed by atoms with E-state index < -0.39 is 12.2 Å². The molecule has 0 aliphatic rings. The molecule has 2 heterocycles. The van der Waals surface area contributed by atoms with Crippen molar-refractivity contribution in [2.45, 2.75) is 24.2 Å². The number of rotatable bonds is 5. The molecule has 2 aromatic rings. The second kappa shape index (κ2) is 7.90. The molecule has 10 heteroatoms. The number of hydrogen-bond acceptors (Lipinski definition) is 8. The topological polar surface area (TPSA) is 88.2 Å². The zero-order valence-corrected chi connectivity index (χ0v) is 13.6. The Morgan fingerprint density at radius 2 is 1.36 bits per heavy atom. The molecule has 0 amide bonds. The van der Waals surface area contributed by atoms with E-state index in [-0.39, 0.29) is 13.2 Å². The van der Waals surface area contributed by atoms with Gasteiger partial charge < -0.3 is 9.47 Å². The Morgan fingerprint density at radius 1 is 0.955 bits per heavy atom. The Labute approximate surface area is 134 Å². The molecule has 0 aromatic carbocycles. The summed E-state index contributed by atoms with van der Waals surface area (Å²) in [5, 5.41) is 0.865. The van der Waals surface area contributed by atoms with Crippen LogP contribution in [0.3, 0.4) is 0 Å². The van der Waals surface area contributed by atoms with E-state index in [4.69, 9.17) is 9.47 Å². The van der Waals surface area contributed by atoms with E-state index in [9.17, 15) is 9.59 Å². The first kappa shape index (κ1) is 16.4. The van der Waals surface area contributed by atoms with E-state index in [0.29, 0.717) is 10.3 Å². The molecule has 0 saturated carbocycles. The van der Waals surface area contributed by atoms with E-state index in [2.05, 4.69) is 9.97 Å². The first-order chi connectivity index (χ1) is 10.7. The molecule has 0 aliphatic carbocycles. The van der Waals surface area contributed by atoms with E-state index >= 15 is 0 Å². The monoisotopic (exact) mass is 342 g/mol. The van der Waals surface area contributed by atoms with Crippen molar-refractivity contribution >= 4 is 33.8 Å². The van der Waals surface area contributed by atoms with Crippen molar-refractivity contribution in [3.63, 3.8) is 0 Å². The first-order valence-corrected chi connectivity index (χ1v) is 8.57. The second-order valence-corrected chi connectivity index (χ2v) is 5.79. The van der Waals surface area contributed by atoms with Crippen molar-refractivity contribution in [2.75, 3.05) is 13.2 Å². The minimum absolute atomic E-state index is 0.279. The van der Waals surface area contributed by atoms with Crippen LogP contribution >= 0.6 is 21.6 Å². The van der Waals surface area contributed by atoms with Crippen molar-refractivity contribution in [1.82, 2.24) is 19.1 Å². The summed E-state index contributed by atoms with van der Waals surface area (Å²) in [6, 6.07) is 0. The minimum atomic E-state index is -0.503. The maximum Gasteiger partial charge on any atom is 0.420 e. The zero-order valence-electron chi connectivity index (χ0n) is 12.0. The number of nitrogens with zero attached hydrogens (tertiary/aromatic N) is 4. The molecule has 0 fully saturated rings. The van der Waals surface area contributed by atoms with Crippen LogP contribution in [0, 0.1) is 0 Å². The summed E-state index contributed by atoms with van der Waals surface area (Å²) in [4.78, 5) is 31.6. The predicted molar refractivity (Wildman–Crippen MR) is 81.0 cm³/mol. The highest BCUT2D eigenvalue weighted by Crippen LogP contribution is 2.35. The van der Waals surface area contributed by atoms with Gasteiger partial charge in [0.05, 0.1) is 13.2 Å². The zero-order chi connectivity index (χ0) is 15.9. The minimum Gasteiger partial charge on any atom is -0.449 e. The number of carbonyl (C=O) groups excluding carboxylic acids is 2. The third-order valence-corrected chi connectivity index (χ3v) is 4.46. The fraction of sp³-hybridized carbons (Fsp3) is 0.333. The molecular weight excluding hydrogens is 328 g/mol. The lowest BCUT2D eigenvalue weighted by Gasteiger charge is -2.06. The number of hydrogen-bond donors (Lipinski definition) is 0. The molecular formula is C12H14N4O4S2. The average molecular weight is 342 g/mol. The smallest absolute Gasteiger partial charge is 0.420 e. The summed E-state index contributed by atoms with van der Waals surface area (Å²) in [6.45, 7) is 4.02. The lowest BCUT2D eigenvalue weighted by Crippen LogP contribution is -2.14. The van der Waals surface area contributed by atoms with Crippen LogP contribution in [-0.4, -0.2) is 44.5 Å². The number of aromatic nitrogens is 4. The molecule has 22 heavy (non-hydrogen) atoms. The van der Waals surface area contributed by atoms with Crippen LogP contribution in [0.5, 0.6) is 0 Å². The molecule has 0 radical (unpaired) electrons. The van der Waals surface area contributed by atoms with Gasteiger partial charge in [0.2, 0.25) is 0 Å². The van der Waals surface area contributed by atoms with Gasteiger partial charge in [-0.15, -0.1) is 0 Å². The van der Waals surface area contributed by atoms with Crippen LogP contribution in [0.15, 0.2) is 35.1 Å². The van der Waals surface area contributed by atoms with E-state index in [1.165, 1.54) is 55.5 Å². The van der Waals surface area contributed by atoms with Crippen molar-refractivity contribution < 1.29 is 19.1 Å². The molecule has 0 saturated heterocycles. The highest BCUT2D eigenvalue weighted by molar-refractivity contribution is 8.76. The van der Waals surface area contributed by atoms with E-state index in [1.54, 1.807) is 13.8 Å². The molecule has 0 unspecified atom stereocenters. The van der Waals surface area contributed by atoms with Gasteiger partial charge in [0.25, 0.3) is 0 Å². The molecule has 2 aromatic heterocycles. The average Bonchev–Trinajstić information content (AvgIpc) is 3.14. The van der Waals surface area contributed by atoms with E-state index in [1.807, 2.05) is 0 Å². The number of imidazole rings is 2. The summed E-state index contributed by atoms with van der Waals surface area (Å²) < 4.78 is 12.4. The number of ether oxygens (including phenoxy) is 2. The lowest BCUT2D eigenvalue weighted by molar-refractivity contribution is 0.150. The quantitative estimate of drug-likeness (QED) is 0.766. The van der Waals surface area contributed by atoms with Gasteiger partial charge in [-0.3, -0.25) is 0 Å². The van der Waals surface area contributed by atoms with Crippen LogP contribution in [0.2, 0.25) is 0 Å². The van der Waals surface area contributed by atoms with Crippen molar-refractivity contribution in [2.24, 2.45) is 0 Å². The largest absolute Gasteiger partial charge is 0.449 e. The normalized spacial score (nSPS) is 10.5. The summed E-state index contributed by atoms with van der Waals surface area (Å²) in [5.74, 6) is 0. The lowest BCUT2D eigenvalue weighted by atomic mass is 10.8. The van der Waals surface area contributed by atoms with Gasteiger partial charge in [-0.2, -0.15) is 0 Å². The first-order valence-electron chi connectivity index (χ1n) is 6.42. The molecule has 118 valence electrons. The molecule has 0 bridgehead atoms. The second-order valence-electron chi connectivity index (χ2n) is 3.72. The molecule has 0 atom stereocenters. The van der Waals surface area contributed by atoms with Crippen LogP contribution in [-0.2, 0) is 9.47 Å². The fourth-order valence-corrected chi connectivity index (χ4v) is 3.42. The Morgan fingerprint density at radius 3 is 1.73 bits per heavy atom. The van der Waals surface area contributed by atoms with Crippen LogP contribution in [0.25, 0.3) is 0 Å². The summed E-state index contributed by atoms with van der Waals surface area (Å²) in [7, 11) is 2.38. The summed E-state index contributed by atoms with van der Waals surface area (Å²) >= 11 is 0. The molecule has 0 N–H and O–H groups in total. The molecule has 8 nitrogen and oxygen atoms in total. The maximum atomic E-state index is 11.7. The maximum absolute atomic E-state index is 11.7. The number of carbonyl (C=O) groups is 2. The van der Waals surface area contributed by atoms with Gasteiger partial charge in [0.15, 0.2) is 10.3 Å². The van der Waals surface area contributed by atoms with E-state index in [0.717, 1.165) is 0 Å². The van der Waals surface area contributed by atoms with Crippen molar-refractivity contribution in [1.29, 1.82) is 0 Å². The standard InChI is InChI=1S/C12H14N4O4S2/c1-3-19-11(17)15-7-5-13-9(15)21-22-10-14-6-8-16(10)12(18)20-4-2/h5-8H,3-4H2,1-2H3. The van der Waals surface area contributed by atoms with Gasteiger partial charge in [-0.05, 0) is 35.4 Å². The predicted octanol–water partition coefficient (Wildman–Crippen LogP) is 2.89. The SMILES string of the molecule is CCOC(=O)n1ccnc1SSc1nccn1C(=O)OCC. The van der Waals surface area contributed by atoms with Crippen molar-refractivity contribution in [3.8, 4) is 0 Å². The third-order valence-electron chi connectivity index (χ3n) is 2.33. The summed E-state index contributed by atoms with van der Waals surface area (Å²) in [5.41, 5.74) is 0. The van der Waals surface area contributed by atoms with Crippen LogP contribution in [0.4, 0.5) is 9.59 Å². The van der Waals surface area contributed by atoms with Gasteiger partial charge in [0.1, 0.15) is 0 Å². The third kappa shape index (κ3) is 3.83.